The normalized spacial score (nSPS) is 13.6. The lowest BCUT2D eigenvalue weighted by Crippen LogP contribution is -2.37. The highest BCUT2D eigenvalue weighted by atomic mass is 16.6. The van der Waals surface area contributed by atoms with E-state index in [1.165, 1.54) is 83.5 Å². The van der Waals surface area contributed by atoms with Gasteiger partial charge in [0.25, 0.3) is 6.47 Å². The second-order valence-electron chi connectivity index (χ2n) is 14.8. The fourth-order valence-electron chi connectivity index (χ4n) is 6.16. The van der Waals surface area contributed by atoms with Gasteiger partial charge in [0, 0.05) is 12.8 Å². The number of hydrogen-bond donors (Lipinski definition) is 0. The number of carbonyl (C=O) groups excluding carboxylic acids is 4. The SMILES string of the molecule is CCCCCCCCC(CCCCCC)C(=O)OCC(COC(=O)CCCCC)COC(=O)CCCN1CCC1.CCCCCCCCCOC=O. The summed E-state index contributed by atoms with van der Waals surface area (Å²) in [6.07, 6.45) is 27.9. The van der Waals surface area contributed by atoms with Crippen LogP contribution in [0.2, 0.25) is 0 Å². The summed E-state index contributed by atoms with van der Waals surface area (Å²) in [4.78, 5) is 49.7. The molecular formula is C43H81NO8. The third-order valence-electron chi connectivity index (χ3n) is 9.79. The number of hydrogen-bond acceptors (Lipinski definition) is 9. The Balaban J connectivity index is 0.00000184. The van der Waals surface area contributed by atoms with E-state index in [1.807, 2.05) is 0 Å². The zero-order valence-electron chi connectivity index (χ0n) is 34.3. The van der Waals surface area contributed by atoms with Gasteiger partial charge in [-0.2, -0.15) is 0 Å². The first kappa shape index (κ1) is 49.8. The first-order valence-corrected chi connectivity index (χ1v) is 21.7. The van der Waals surface area contributed by atoms with Crippen LogP contribution < -0.4 is 0 Å². The summed E-state index contributed by atoms with van der Waals surface area (Å²) in [7, 11) is 0. The Morgan fingerprint density at radius 1 is 0.558 bits per heavy atom. The van der Waals surface area contributed by atoms with Crippen molar-refractivity contribution in [2.45, 2.75) is 195 Å². The van der Waals surface area contributed by atoms with Gasteiger partial charge in [0.1, 0.15) is 19.8 Å². The summed E-state index contributed by atoms with van der Waals surface area (Å²) in [6.45, 7) is 13.3. The Bertz CT molecular complexity index is 834. The summed E-state index contributed by atoms with van der Waals surface area (Å²) >= 11 is 0. The minimum absolute atomic E-state index is 0.0932. The van der Waals surface area contributed by atoms with E-state index in [9.17, 15) is 19.2 Å². The van der Waals surface area contributed by atoms with Gasteiger partial charge in [-0.05, 0) is 58.2 Å². The monoisotopic (exact) mass is 740 g/mol. The molecule has 1 heterocycles. The molecule has 1 aliphatic rings. The fourth-order valence-corrected chi connectivity index (χ4v) is 6.16. The number of nitrogens with zero attached hydrogens (tertiary/aromatic N) is 1. The lowest BCUT2D eigenvalue weighted by Gasteiger charge is -2.30. The van der Waals surface area contributed by atoms with E-state index in [-0.39, 0.29) is 49.6 Å². The van der Waals surface area contributed by atoms with Crippen LogP contribution in [0.3, 0.4) is 0 Å². The highest BCUT2D eigenvalue weighted by molar-refractivity contribution is 5.72. The zero-order valence-corrected chi connectivity index (χ0v) is 34.3. The molecule has 0 aromatic carbocycles. The molecule has 0 N–H and O–H groups in total. The molecule has 1 rings (SSSR count). The summed E-state index contributed by atoms with van der Waals surface area (Å²) in [5.74, 6) is -1.10. The summed E-state index contributed by atoms with van der Waals surface area (Å²) in [5.41, 5.74) is 0. The minimum atomic E-state index is -0.354. The standard InChI is InChI=1S/C33H61NO6.C10H20O2/c1-4-7-10-12-13-16-20-30(19-15-11-8-5-2)33(37)40-28-29(26-38-31(35)21-14-9-6-3)27-39-32(36)22-17-23-34-24-18-25-34;1-2-3-4-5-6-7-8-9-12-10-11/h29-30H,4-28H2,1-3H3;10H,2-9H2,1H3. The van der Waals surface area contributed by atoms with Gasteiger partial charge in [0.2, 0.25) is 0 Å². The molecule has 9 nitrogen and oxygen atoms in total. The molecule has 52 heavy (non-hydrogen) atoms. The van der Waals surface area contributed by atoms with Crippen molar-refractivity contribution in [3.05, 3.63) is 0 Å². The first-order valence-electron chi connectivity index (χ1n) is 21.7. The van der Waals surface area contributed by atoms with Gasteiger partial charge in [-0.15, -0.1) is 0 Å². The predicted octanol–water partition coefficient (Wildman–Crippen LogP) is 10.5. The summed E-state index contributed by atoms with van der Waals surface area (Å²) in [6, 6.07) is 0. The molecule has 0 aliphatic carbocycles. The van der Waals surface area contributed by atoms with Gasteiger partial charge in [-0.3, -0.25) is 19.2 Å². The highest BCUT2D eigenvalue weighted by Crippen LogP contribution is 2.21. The highest BCUT2D eigenvalue weighted by Gasteiger charge is 2.23. The average molecular weight is 740 g/mol. The maximum atomic E-state index is 13.1. The molecule has 0 aromatic heterocycles. The van der Waals surface area contributed by atoms with Crippen molar-refractivity contribution >= 4 is 24.4 Å². The first-order chi connectivity index (χ1) is 25.4. The summed E-state index contributed by atoms with van der Waals surface area (Å²) in [5, 5.41) is 0. The van der Waals surface area contributed by atoms with E-state index in [4.69, 9.17) is 14.2 Å². The summed E-state index contributed by atoms with van der Waals surface area (Å²) < 4.78 is 21.4. The van der Waals surface area contributed by atoms with Gasteiger partial charge in [-0.1, -0.05) is 143 Å². The minimum Gasteiger partial charge on any atom is -0.468 e. The zero-order chi connectivity index (χ0) is 38.3. The Morgan fingerprint density at radius 3 is 1.50 bits per heavy atom. The molecule has 306 valence electrons. The van der Waals surface area contributed by atoms with Crippen molar-refractivity contribution < 1.29 is 38.1 Å². The topological polar surface area (TPSA) is 108 Å². The number of unbranched alkanes of at least 4 members (excludes halogenated alkanes) is 16. The van der Waals surface area contributed by atoms with Crippen molar-refractivity contribution in [1.29, 1.82) is 0 Å². The lowest BCUT2D eigenvalue weighted by atomic mass is 9.94. The van der Waals surface area contributed by atoms with Crippen LogP contribution >= 0.6 is 0 Å². The molecule has 1 fully saturated rings. The number of esters is 3. The molecule has 2 unspecified atom stereocenters. The number of likely N-dealkylation sites (tertiary alicyclic amines) is 1. The quantitative estimate of drug-likeness (QED) is 0.0268. The van der Waals surface area contributed by atoms with Crippen LogP contribution in [-0.4, -0.2) is 75.3 Å². The molecule has 0 spiro atoms. The molecular weight excluding hydrogens is 658 g/mol. The molecule has 1 saturated heterocycles. The maximum Gasteiger partial charge on any atom is 0.308 e. The average Bonchev–Trinajstić information content (AvgIpc) is 3.12. The smallest absolute Gasteiger partial charge is 0.308 e. The van der Waals surface area contributed by atoms with E-state index in [0.29, 0.717) is 25.9 Å². The van der Waals surface area contributed by atoms with E-state index in [0.717, 1.165) is 90.3 Å². The second kappa shape index (κ2) is 38.6. The Hall–Kier alpha value is -2.16. The molecule has 0 amide bonds. The van der Waals surface area contributed by atoms with E-state index >= 15 is 0 Å². The van der Waals surface area contributed by atoms with E-state index < -0.39 is 0 Å². The largest absolute Gasteiger partial charge is 0.468 e. The molecule has 2 atom stereocenters. The van der Waals surface area contributed by atoms with E-state index in [1.54, 1.807) is 0 Å². The Labute approximate surface area is 319 Å². The molecule has 0 radical (unpaired) electrons. The van der Waals surface area contributed by atoms with Gasteiger partial charge >= 0.3 is 17.9 Å². The van der Waals surface area contributed by atoms with Crippen LogP contribution in [0.1, 0.15) is 195 Å². The second-order valence-corrected chi connectivity index (χ2v) is 14.8. The third-order valence-corrected chi connectivity index (χ3v) is 9.79. The van der Waals surface area contributed by atoms with Crippen molar-refractivity contribution in [1.82, 2.24) is 4.90 Å². The van der Waals surface area contributed by atoms with Crippen LogP contribution in [-0.2, 0) is 38.1 Å². The van der Waals surface area contributed by atoms with Gasteiger partial charge in [0.05, 0.1) is 18.4 Å². The van der Waals surface area contributed by atoms with Crippen molar-refractivity contribution in [3.8, 4) is 0 Å². The van der Waals surface area contributed by atoms with Crippen molar-refractivity contribution in [3.63, 3.8) is 0 Å². The Morgan fingerprint density at radius 2 is 1.00 bits per heavy atom. The van der Waals surface area contributed by atoms with Gasteiger partial charge < -0.3 is 23.8 Å². The van der Waals surface area contributed by atoms with Crippen LogP contribution in [0, 0.1) is 11.8 Å². The molecule has 9 heteroatoms. The fraction of sp³-hybridized carbons (Fsp3) is 0.907. The van der Waals surface area contributed by atoms with E-state index in [2.05, 4.69) is 37.3 Å². The van der Waals surface area contributed by atoms with Crippen molar-refractivity contribution in [2.75, 3.05) is 46.1 Å². The van der Waals surface area contributed by atoms with Crippen LogP contribution in [0.5, 0.6) is 0 Å². The van der Waals surface area contributed by atoms with Gasteiger partial charge in [0.15, 0.2) is 0 Å². The van der Waals surface area contributed by atoms with Crippen LogP contribution in [0.15, 0.2) is 0 Å². The molecule has 0 bridgehead atoms. The number of carbonyl (C=O) groups is 4. The van der Waals surface area contributed by atoms with Crippen molar-refractivity contribution in [2.24, 2.45) is 11.8 Å². The van der Waals surface area contributed by atoms with Crippen LogP contribution in [0.4, 0.5) is 0 Å². The number of rotatable bonds is 36. The number of ether oxygens (including phenoxy) is 4. The predicted molar refractivity (Wildman–Crippen MR) is 211 cm³/mol. The molecule has 0 saturated carbocycles. The third kappa shape index (κ3) is 32.5. The van der Waals surface area contributed by atoms with Gasteiger partial charge in [-0.25, -0.2) is 0 Å². The maximum absolute atomic E-state index is 13.1. The van der Waals surface area contributed by atoms with Crippen LogP contribution in [0.25, 0.3) is 0 Å². The molecule has 1 aliphatic heterocycles. The lowest BCUT2D eigenvalue weighted by molar-refractivity contribution is -0.156. The molecule has 0 aromatic rings. The Kier molecular flexibility index (Phi) is 37.0.